The van der Waals surface area contributed by atoms with Gasteiger partial charge in [-0.25, -0.2) is 0 Å². The van der Waals surface area contributed by atoms with Crippen LogP contribution in [0.15, 0.2) is 66.7 Å². The molecule has 0 heterocycles. The van der Waals surface area contributed by atoms with Crippen molar-refractivity contribution in [2.45, 2.75) is 32.7 Å². The summed E-state index contributed by atoms with van der Waals surface area (Å²) in [5, 5.41) is 20.4. The normalized spacial score (nSPS) is 11.5. The zero-order valence-corrected chi connectivity index (χ0v) is 20.8. The number of nitrogens with zero attached hydrogens (tertiary/aromatic N) is 1. The molecule has 0 aliphatic rings. The zero-order valence-electron chi connectivity index (χ0n) is 20.0. The Morgan fingerprint density at radius 1 is 1.03 bits per heavy atom. The van der Waals surface area contributed by atoms with Crippen molar-refractivity contribution in [3.63, 3.8) is 0 Å². The number of amides is 1. The molecular weight excluding hydrogens is 464 g/mol. The third-order valence-electron chi connectivity index (χ3n) is 5.49. The van der Waals surface area contributed by atoms with Crippen LogP contribution in [0.25, 0.3) is 0 Å². The van der Waals surface area contributed by atoms with Gasteiger partial charge in [-0.1, -0.05) is 62.4 Å². The topological polar surface area (TPSA) is 106 Å². The van der Waals surface area contributed by atoms with Crippen LogP contribution in [0.3, 0.4) is 0 Å². The third-order valence-corrected chi connectivity index (χ3v) is 5.71. The average molecular weight is 493 g/mol. The van der Waals surface area contributed by atoms with E-state index in [1.54, 1.807) is 0 Å². The largest absolute Gasteiger partial charge is 0.495 e. The third kappa shape index (κ3) is 6.33. The van der Waals surface area contributed by atoms with Gasteiger partial charge in [0.25, 0.3) is 11.6 Å². The Bertz CT molecular complexity index is 1230. The molecule has 0 saturated heterocycles. The minimum absolute atomic E-state index is 0.113. The molecular formula is C26H28N4O4S. The molecule has 0 spiro atoms. The smallest absolute Gasteiger partial charge is 0.271 e. The number of ether oxygens (including phenoxy) is 1. The van der Waals surface area contributed by atoms with Gasteiger partial charge in [-0.3, -0.25) is 14.9 Å². The monoisotopic (exact) mass is 492 g/mol. The lowest BCUT2D eigenvalue weighted by Gasteiger charge is -2.23. The molecule has 3 N–H and O–H groups in total. The van der Waals surface area contributed by atoms with E-state index in [1.165, 1.54) is 25.3 Å². The summed E-state index contributed by atoms with van der Waals surface area (Å²) in [7, 11) is 1.46. The van der Waals surface area contributed by atoms with Crippen LogP contribution < -0.4 is 20.7 Å². The number of carbonyl (C=O) groups excluding carboxylic acids is 1. The van der Waals surface area contributed by atoms with Crippen molar-refractivity contribution in [1.29, 1.82) is 0 Å². The number of nitrogens with one attached hydrogen (secondary N) is 3. The van der Waals surface area contributed by atoms with E-state index in [2.05, 4.69) is 29.8 Å². The number of para-hydroxylation sites is 1. The molecule has 0 aromatic heterocycles. The second-order valence-corrected chi connectivity index (χ2v) is 8.68. The predicted octanol–water partition coefficient (Wildman–Crippen LogP) is 5.70. The summed E-state index contributed by atoms with van der Waals surface area (Å²) in [6.07, 6.45) is 0. The van der Waals surface area contributed by atoms with E-state index < -0.39 is 11.0 Å². The Labute approximate surface area is 209 Å². The van der Waals surface area contributed by atoms with Gasteiger partial charge >= 0.3 is 0 Å². The SMILES string of the molecule is COc1ccc([N+](=O)[O-])cc1NC(=S)NC(C(=O)Nc1c(C)cccc1C(C)C)c1ccccc1. The standard InChI is InChI=1S/C26H28N4O4S/c1-16(2)20-12-8-9-17(3)23(20)28-25(31)24(18-10-6-5-7-11-18)29-26(35)27-21-15-19(30(32)33)13-14-22(21)34-4/h5-16,24H,1-4H3,(H,28,31)(H2,27,29,35). The molecule has 8 nitrogen and oxygen atoms in total. The lowest BCUT2D eigenvalue weighted by atomic mass is 9.97. The number of methoxy groups -OCH3 is 1. The van der Waals surface area contributed by atoms with E-state index in [9.17, 15) is 14.9 Å². The highest BCUT2D eigenvalue weighted by molar-refractivity contribution is 7.80. The minimum Gasteiger partial charge on any atom is -0.495 e. The fourth-order valence-corrected chi connectivity index (χ4v) is 3.91. The van der Waals surface area contributed by atoms with Gasteiger partial charge in [-0.15, -0.1) is 0 Å². The number of aryl methyl sites for hydroxylation is 1. The quantitative estimate of drug-likeness (QED) is 0.210. The van der Waals surface area contributed by atoms with E-state index in [-0.39, 0.29) is 22.6 Å². The Morgan fingerprint density at radius 3 is 2.37 bits per heavy atom. The number of thiocarbonyl (C=S) groups is 1. The highest BCUT2D eigenvalue weighted by Gasteiger charge is 2.24. The number of anilines is 2. The van der Waals surface area contributed by atoms with Crippen molar-refractivity contribution in [3.8, 4) is 5.75 Å². The molecule has 35 heavy (non-hydrogen) atoms. The molecule has 0 fully saturated rings. The number of nitro benzene ring substituents is 1. The van der Waals surface area contributed by atoms with Crippen LogP contribution in [0.2, 0.25) is 0 Å². The molecule has 1 amide bonds. The van der Waals surface area contributed by atoms with E-state index in [0.29, 0.717) is 17.0 Å². The summed E-state index contributed by atoms with van der Waals surface area (Å²) in [6.45, 7) is 6.10. The van der Waals surface area contributed by atoms with Gasteiger partial charge in [-0.05, 0) is 47.8 Å². The molecule has 0 radical (unpaired) electrons. The van der Waals surface area contributed by atoms with Crippen molar-refractivity contribution >= 4 is 40.3 Å². The molecule has 1 atom stereocenters. The number of carbonyl (C=O) groups is 1. The molecule has 0 aliphatic heterocycles. The molecule has 0 aliphatic carbocycles. The maximum atomic E-state index is 13.5. The van der Waals surface area contributed by atoms with Crippen LogP contribution in [-0.4, -0.2) is 23.1 Å². The van der Waals surface area contributed by atoms with Gasteiger partial charge in [0.15, 0.2) is 5.11 Å². The van der Waals surface area contributed by atoms with Gasteiger partial charge in [0.2, 0.25) is 0 Å². The Balaban J connectivity index is 1.89. The van der Waals surface area contributed by atoms with Crippen LogP contribution in [0.5, 0.6) is 5.75 Å². The van der Waals surface area contributed by atoms with Crippen LogP contribution in [0.4, 0.5) is 17.1 Å². The molecule has 3 aromatic carbocycles. The van der Waals surface area contributed by atoms with Gasteiger partial charge in [-0.2, -0.15) is 0 Å². The molecule has 3 aromatic rings. The van der Waals surface area contributed by atoms with Gasteiger partial charge < -0.3 is 20.7 Å². The van der Waals surface area contributed by atoms with Crippen molar-refractivity contribution < 1.29 is 14.5 Å². The molecule has 1 unspecified atom stereocenters. The second kappa shape index (κ2) is 11.4. The summed E-state index contributed by atoms with van der Waals surface area (Å²) < 4.78 is 5.29. The summed E-state index contributed by atoms with van der Waals surface area (Å²) in [5.41, 5.74) is 3.67. The van der Waals surface area contributed by atoms with Crippen molar-refractivity contribution in [2.24, 2.45) is 0 Å². The summed E-state index contributed by atoms with van der Waals surface area (Å²) in [5.74, 6) is 0.307. The Kier molecular flexibility index (Phi) is 8.38. The van der Waals surface area contributed by atoms with Gasteiger partial charge in [0, 0.05) is 17.8 Å². The number of nitro groups is 1. The van der Waals surface area contributed by atoms with E-state index >= 15 is 0 Å². The van der Waals surface area contributed by atoms with E-state index in [0.717, 1.165) is 16.8 Å². The summed E-state index contributed by atoms with van der Waals surface area (Å²) in [4.78, 5) is 24.2. The molecule has 182 valence electrons. The molecule has 0 bridgehead atoms. The number of hydrogen-bond donors (Lipinski definition) is 3. The first-order valence-corrected chi connectivity index (χ1v) is 11.5. The number of non-ortho nitro benzene ring substituents is 1. The molecule has 0 saturated carbocycles. The van der Waals surface area contributed by atoms with E-state index in [4.69, 9.17) is 17.0 Å². The highest BCUT2D eigenvalue weighted by Crippen LogP contribution is 2.30. The van der Waals surface area contributed by atoms with E-state index in [1.807, 2.05) is 55.5 Å². The van der Waals surface area contributed by atoms with Crippen molar-refractivity contribution in [1.82, 2.24) is 5.32 Å². The highest BCUT2D eigenvalue weighted by atomic mass is 32.1. The fraction of sp³-hybridized carbons (Fsp3) is 0.231. The van der Waals surface area contributed by atoms with Crippen LogP contribution >= 0.6 is 12.2 Å². The number of hydrogen-bond acceptors (Lipinski definition) is 5. The van der Waals surface area contributed by atoms with Crippen LogP contribution in [0.1, 0.15) is 42.5 Å². The van der Waals surface area contributed by atoms with Crippen molar-refractivity contribution in [3.05, 3.63) is 93.5 Å². The van der Waals surface area contributed by atoms with Crippen LogP contribution in [0, 0.1) is 17.0 Å². The first kappa shape index (κ1) is 25.6. The maximum absolute atomic E-state index is 13.5. The van der Waals surface area contributed by atoms with Gasteiger partial charge in [0.05, 0.1) is 17.7 Å². The second-order valence-electron chi connectivity index (χ2n) is 8.27. The molecule has 9 heteroatoms. The minimum atomic E-state index is -0.819. The average Bonchev–Trinajstić information content (AvgIpc) is 2.84. The first-order valence-electron chi connectivity index (χ1n) is 11.1. The van der Waals surface area contributed by atoms with Crippen molar-refractivity contribution in [2.75, 3.05) is 17.7 Å². The predicted molar refractivity (Wildman–Crippen MR) is 142 cm³/mol. The Morgan fingerprint density at radius 2 is 1.74 bits per heavy atom. The van der Waals surface area contributed by atoms with Gasteiger partial charge in [0.1, 0.15) is 11.8 Å². The first-order chi connectivity index (χ1) is 16.7. The summed E-state index contributed by atoms with van der Waals surface area (Å²) >= 11 is 5.48. The lowest BCUT2D eigenvalue weighted by Crippen LogP contribution is -2.39. The fourth-order valence-electron chi connectivity index (χ4n) is 3.68. The maximum Gasteiger partial charge on any atom is 0.271 e. The summed E-state index contributed by atoms with van der Waals surface area (Å²) in [6, 6.07) is 18.4. The molecule has 3 rings (SSSR count). The van der Waals surface area contributed by atoms with Crippen LogP contribution in [-0.2, 0) is 4.79 Å². The Hall–Kier alpha value is -3.98. The lowest BCUT2D eigenvalue weighted by molar-refractivity contribution is -0.384. The number of rotatable bonds is 8. The number of benzene rings is 3. The zero-order chi connectivity index (χ0) is 25.5.